The van der Waals surface area contributed by atoms with Gasteiger partial charge in [-0.05, 0) is 71.9 Å². The van der Waals surface area contributed by atoms with Gasteiger partial charge in [0.2, 0.25) is 0 Å². The van der Waals surface area contributed by atoms with Crippen LogP contribution in [0.3, 0.4) is 0 Å². The van der Waals surface area contributed by atoms with Gasteiger partial charge in [0.15, 0.2) is 0 Å². The molecule has 1 fully saturated rings. The number of rotatable bonds is 3. The maximum Gasteiger partial charge on any atom is 0.0720 e. The van der Waals surface area contributed by atoms with Gasteiger partial charge in [-0.3, -0.25) is 0 Å². The van der Waals surface area contributed by atoms with Gasteiger partial charge in [-0.25, -0.2) is 0 Å². The maximum absolute atomic E-state index is 5.95. The fourth-order valence-corrected chi connectivity index (χ4v) is 2.55. The largest absolute Gasteiger partial charge is 0.374 e. The van der Waals surface area contributed by atoms with Crippen molar-refractivity contribution in [2.45, 2.75) is 45.3 Å². The van der Waals surface area contributed by atoms with E-state index in [1.54, 1.807) is 0 Å². The lowest BCUT2D eigenvalue weighted by molar-refractivity contribution is 0.00877. The van der Waals surface area contributed by atoms with Crippen LogP contribution < -0.4 is 0 Å². The lowest BCUT2D eigenvalue weighted by atomic mass is 9.89. The second-order valence-electron chi connectivity index (χ2n) is 4.82. The van der Waals surface area contributed by atoms with Crippen LogP contribution in [0.25, 0.3) is 0 Å². The molecule has 1 aromatic rings. The summed E-state index contributed by atoms with van der Waals surface area (Å²) in [5, 5.41) is 0. The molecule has 0 bridgehead atoms. The van der Waals surface area contributed by atoms with Gasteiger partial charge in [0.1, 0.15) is 0 Å². The molecule has 0 spiro atoms. The number of hydrogen-bond acceptors (Lipinski definition) is 1. The average Bonchev–Trinajstić information content (AvgIpc) is 2.30. The van der Waals surface area contributed by atoms with Gasteiger partial charge in [0, 0.05) is 3.57 Å². The molecule has 1 nitrogen and oxygen atoms in total. The Hall–Kier alpha value is -0.0900. The van der Waals surface area contributed by atoms with Crippen LogP contribution in [-0.4, -0.2) is 6.10 Å². The highest BCUT2D eigenvalue weighted by molar-refractivity contribution is 14.1. The topological polar surface area (TPSA) is 9.23 Å². The lowest BCUT2D eigenvalue weighted by Gasteiger charge is -2.26. The molecule has 2 heteroatoms. The van der Waals surface area contributed by atoms with Crippen molar-refractivity contribution < 1.29 is 4.74 Å². The predicted octanol–water partition coefficient (Wildman–Crippen LogP) is 4.39. The number of halogens is 1. The molecule has 0 aliphatic heterocycles. The van der Waals surface area contributed by atoms with Gasteiger partial charge in [-0.2, -0.15) is 0 Å². The number of ether oxygens (including phenoxy) is 1. The van der Waals surface area contributed by atoms with E-state index in [9.17, 15) is 0 Å². The van der Waals surface area contributed by atoms with Crippen molar-refractivity contribution in [2.24, 2.45) is 5.92 Å². The summed E-state index contributed by atoms with van der Waals surface area (Å²) < 4.78 is 7.24. The smallest absolute Gasteiger partial charge is 0.0720 e. The average molecular weight is 330 g/mol. The Morgan fingerprint density at radius 3 is 2.38 bits per heavy atom. The van der Waals surface area contributed by atoms with Crippen molar-refractivity contribution in [3.8, 4) is 0 Å². The first-order valence-corrected chi connectivity index (χ1v) is 7.18. The molecule has 0 atom stereocenters. The molecular formula is C14H19IO. The number of hydrogen-bond donors (Lipinski definition) is 0. The zero-order valence-electron chi connectivity index (χ0n) is 9.79. The predicted molar refractivity (Wildman–Crippen MR) is 75.4 cm³/mol. The zero-order valence-corrected chi connectivity index (χ0v) is 11.9. The minimum absolute atomic E-state index is 0.496. The van der Waals surface area contributed by atoms with E-state index in [1.165, 1.54) is 34.8 Å². The van der Waals surface area contributed by atoms with Gasteiger partial charge in [0.25, 0.3) is 0 Å². The fraction of sp³-hybridized carbons (Fsp3) is 0.571. The van der Waals surface area contributed by atoms with E-state index in [0.717, 1.165) is 12.5 Å². The van der Waals surface area contributed by atoms with Crippen LogP contribution in [0.2, 0.25) is 0 Å². The van der Waals surface area contributed by atoms with Crippen molar-refractivity contribution in [1.82, 2.24) is 0 Å². The van der Waals surface area contributed by atoms with Crippen molar-refractivity contribution in [3.05, 3.63) is 33.4 Å². The van der Waals surface area contributed by atoms with Crippen molar-refractivity contribution >= 4 is 22.6 Å². The molecule has 1 aromatic carbocycles. The lowest BCUT2D eigenvalue weighted by Crippen LogP contribution is -2.20. The van der Waals surface area contributed by atoms with Gasteiger partial charge in [-0.1, -0.05) is 19.1 Å². The second kappa shape index (κ2) is 6.01. The molecule has 0 radical (unpaired) electrons. The summed E-state index contributed by atoms with van der Waals surface area (Å²) in [6, 6.07) is 8.60. The second-order valence-corrected chi connectivity index (χ2v) is 6.06. The fourth-order valence-electron chi connectivity index (χ4n) is 2.19. The third-order valence-corrected chi connectivity index (χ3v) is 4.08. The summed E-state index contributed by atoms with van der Waals surface area (Å²) >= 11 is 2.33. The van der Waals surface area contributed by atoms with Crippen LogP contribution in [0, 0.1) is 9.49 Å². The van der Waals surface area contributed by atoms with Gasteiger partial charge >= 0.3 is 0 Å². The molecule has 0 amide bonds. The van der Waals surface area contributed by atoms with E-state index in [0.29, 0.717) is 6.10 Å². The van der Waals surface area contributed by atoms with E-state index in [-0.39, 0.29) is 0 Å². The van der Waals surface area contributed by atoms with E-state index < -0.39 is 0 Å². The minimum Gasteiger partial charge on any atom is -0.374 e. The first kappa shape index (κ1) is 12.4. The summed E-state index contributed by atoms with van der Waals surface area (Å²) in [5.74, 6) is 0.901. The Labute approximate surface area is 112 Å². The monoisotopic (exact) mass is 330 g/mol. The molecule has 0 N–H and O–H groups in total. The van der Waals surface area contributed by atoms with Crippen LogP contribution in [0.4, 0.5) is 0 Å². The molecule has 1 aliphatic carbocycles. The van der Waals surface area contributed by atoms with E-state index in [4.69, 9.17) is 4.74 Å². The summed E-state index contributed by atoms with van der Waals surface area (Å²) in [4.78, 5) is 0. The normalized spacial score (nSPS) is 25.6. The van der Waals surface area contributed by atoms with Gasteiger partial charge < -0.3 is 4.74 Å². The number of benzene rings is 1. The zero-order chi connectivity index (χ0) is 11.4. The van der Waals surface area contributed by atoms with Crippen molar-refractivity contribution in [1.29, 1.82) is 0 Å². The summed E-state index contributed by atoms with van der Waals surface area (Å²) in [6.07, 6.45) is 5.64. The van der Waals surface area contributed by atoms with E-state index in [2.05, 4.69) is 53.8 Å². The summed E-state index contributed by atoms with van der Waals surface area (Å²) in [7, 11) is 0. The minimum atomic E-state index is 0.496. The Morgan fingerprint density at radius 1 is 1.12 bits per heavy atom. The Morgan fingerprint density at radius 2 is 1.75 bits per heavy atom. The highest BCUT2D eigenvalue weighted by atomic mass is 127. The molecule has 0 unspecified atom stereocenters. The third kappa shape index (κ3) is 3.74. The van der Waals surface area contributed by atoms with Crippen LogP contribution in [0.15, 0.2) is 24.3 Å². The highest BCUT2D eigenvalue weighted by Crippen LogP contribution is 2.26. The van der Waals surface area contributed by atoms with E-state index >= 15 is 0 Å². The molecule has 16 heavy (non-hydrogen) atoms. The van der Waals surface area contributed by atoms with Crippen LogP contribution in [0.1, 0.15) is 38.2 Å². The molecule has 2 rings (SSSR count). The molecule has 0 saturated heterocycles. The Kier molecular flexibility index (Phi) is 4.65. The molecule has 88 valence electrons. The van der Waals surface area contributed by atoms with Gasteiger partial charge in [-0.15, -0.1) is 0 Å². The van der Waals surface area contributed by atoms with Gasteiger partial charge in [0.05, 0.1) is 12.7 Å². The van der Waals surface area contributed by atoms with Crippen LogP contribution in [-0.2, 0) is 11.3 Å². The standard InChI is InChI=1S/C14H19IO/c1-11-2-8-14(9-3-11)16-10-12-4-6-13(15)7-5-12/h4-7,11,14H,2-3,8-10H2,1H3. The third-order valence-electron chi connectivity index (χ3n) is 3.36. The maximum atomic E-state index is 5.95. The first-order chi connectivity index (χ1) is 7.74. The Bertz CT molecular complexity index is 312. The summed E-state index contributed by atoms with van der Waals surface area (Å²) in [6.45, 7) is 3.12. The van der Waals surface area contributed by atoms with E-state index in [1.807, 2.05) is 0 Å². The molecule has 0 heterocycles. The SMILES string of the molecule is CC1CCC(OCc2ccc(I)cc2)CC1. The Balaban J connectivity index is 1.77. The molecule has 0 aromatic heterocycles. The highest BCUT2D eigenvalue weighted by Gasteiger charge is 2.18. The molecule has 1 aliphatic rings. The quantitative estimate of drug-likeness (QED) is 0.747. The van der Waals surface area contributed by atoms with Crippen molar-refractivity contribution in [3.63, 3.8) is 0 Å². The summed E-state index contributed by atoms with van der Waals surface area (Å²) in [5.41, 5.74) is 1.29. The van der Waals surface area contributed by atoms with Crippen LogP contribution in [0.5, 0.6) is 0 Å². The van der Waals surface area contributed by atoms with Crippen LogP contribution >= 0.6 is 22.6 Å². The molecular weight excluding hydrogens is 311 g/mol. The van der Waals surface area contributed by atoms with Crippen molar-refractivity contribution in [2.75, 3.05) is 0 Å². The molecule has 1 saturated carbocycles. The first-order valence-electron chi connectivity index (χ1n) is 6.10.